The highest BCUT2D eigenvalue weighted by molar-refractivity contribution is 6.29. The monoisotopic (exact) mass is 296 g/mol. The number of rotatable bonds is 6. The van der Waals surface area contributed by atoms with Gasteiger partial charge in [0.1, 0.15) is 16.8 Å². The summed E-state index contributed by atoms with van der Waals surface area (Å²) in [6, 6.07) is 1.80. The molecule has 112 valence electrons. The zero-order chi connectivity index (χ0) is 14.5. The molecule has 0 spiro atoms. The van der Waals surface area contributed by atoms with E-state index in [2.05, 4.69) is 41.0 Å². The largest absolute Gasteiger partial charge is 0.370 e. The highest BCUT2D eigenvalue weighted by Gasteiger charge is 2.15. The van der Waals surface area contributed by atoms with E-state index in [0.717, 1.165) is 24.7 Å². The molecule has 0 aliphatic carbocycles. The van der Waals surface area contributed by atoms with Crippen molar-refractivity contribution in [2.75, 3.05) is 31.5 Å². The predicted octanol–water partition coefficient (Wildman–Crippen LogP) is 3.40. The predicted molar refractivity (Wildman–Crippen MR) is 84.5 cm³/mol. The van der Waals surface area contributed by atoms with Crippen LogP contribution in [0.4, 0.5) is 5.82 Å². The molecule has 1 fully saturated rings. The lowest BCUT2D eigenvalue weighted by Gasteiger charge is -2.20. The van der Waals surface area contributed by atoms with Crippen molar-refractivity contribution in [2.45, 2.75) is 39.5 Å². The standard InChI is InChI=1S/C15H25ClN4/c1-11(2)15-18-13(16)8-14(19-15)17-9-12(3)10-20-6-4-5-7-20/h8,11-12H,4-7,9-10H2,1-3H3,(H,17,18,19). The fraction of sp³-hybridized carbons (Fsp3) is 0.733. The molecule has 1 unspecified atom stereocenters. The van der Waals surface area contributed by atoms with Crippen LogP contribution in [0.3, 0.4) is 0 Å². The van der Waals surface area contributed by atoms with Gasteiger partial charge >= 0.3 is 0 Å². The van der Waals surface area contributed by atoms with Gasteiger partial charge in [0.2, 0.25) is 0 Å². The van der Waals surface area contributed by atoms with Crippen molar-refractivity contribution in [2.24, 2.45) is 5.92 Å². The number of hydrogen-bond donors (Lipinski definition) is 1. The molecule has 0 amide bonds. The van der Waals surface area contributed by atoms with Gasteiger partial charge in [-0.2, -0.15) is 0 Å². The molecule has 5 heteroatoms. The van der Waals surface area contributed by atoms with E-state index >= 15 is 0 Å². The maximum atomic E-state index is 6.05. The number of nitrogens with one attached hydrogen (secondary N) is 1. The first-order valence-electron chi connectivity index (χ1n) is 7.55. The third-order valence-corrected chi connectivity index (χ3v) is 3.82. The Kier molecular flexibility index (Phi) is 5.61. The third kappa shape index (κ3) is 4.60. The van der Waals surface area contributed by atoms with E-state index in [-0.39, 0.29) is 5.92 Å². The van der Waals surface area contributed by atoms with Gasteiger partial charge in [-0.15, -0.1) is 0 Å². The van der Waals surface area contributed by atoms with Gasteiger partial charge in [0.05, 0.1) is 0 Å². The summed E-state index contributed by atoms with van der Waals surface area (Å²) in [6.07, 6.45) is 2.69. The highest BCUT2D eigenvalue weighted by Crippen LogP contribution is 2.17. The number of hydrogen-bond acceptors (Lipinski definition) is 4. The Morgan fingerprint density at radius 1 is 1.25 bits per heavy atom. The van der Waals surface area contributed by atoms with Gasteiger partial charge in [0, 0.05) is 25.1 Å². The summed E-state index contributed by atoms with van der Waals surface area (Å²) in [4.78, 5) is 11.3. The maximum absolute atomic E-state index is 6.05. The van der Waals surface area contributed by atoms with Crippen molar-refractivity contribution in [3.63, 3.8) is 0 Å². The smallest absolute Gasteiger partial charge is 0.135 e. The van der Waals surface area contributed by atoms with Gasteiger partial charge in [-0.3, -0.25) is 0 Å². The summed E-state index contributed by atoms with van der Waals surface area (Å²) >= 11 is 6.05. The van der Waals surface area contributed by atoms with Crippen molar-refractivity contribution < 1.29 is 0 Å². The van der Waals surface area contributed by atoms with Gasteiger partial charge in [0.15, 0.2) is 0 Å². The second-order valence-electron chi connectivity index (χ2n) is 6.08. The number of nitrogens with zero attached hydrogens (tertiary/aromatic N) is 3. The molecule has 0 saturated carbocycles. The summed E-state index contributed by atoms with van der Waals surface area (Å²) in [5.74, 6) is 2.52. The first kappa shape index (κ1) is 15.5. The quantitative estimate of drug-likeness (QED) is 0.817. The minimum atomic E-state index is 0.288. The Bertz CT molecular complexity index is 430. The number of likely N-dealkylation sites (tertiary alicyclic amines) is 1. The Hall–Kier alpha value is -0.870. The lowest BCUT2D eigenvalue weighted by Crippen LogP contribution is -2.29. The Morgan fingerprint density at radius 2 is 1.95 bits per heavy atom. The molecule has 4 nitrogen and oxygen atoms in total. The zero-order valence-electron chi connectivity index (χ0n) is 12.7. The normalized spacial score (nSPS) is 17.6. The van der Waals surface area contributed by atoms with Gasteiger partial charge in [-0.1, -0.05) is 32.4 Å². The SMILES string of the molecule is CC(CNc1cc(Cl)nc(C(C)C)n1)CN1CCCC1. The molecule has 0 aromatic carbocycles. The summed E-state index contributed by atoms with van der Waals surface area (Å²) in [5, 5.41) is 3.90. The van der Waals surface area contributed by atoms with Crippen LogP contribution in [0.2, 0.25) is 5.15 Å². The summed E-state index contributed by atoms with van der Waals surface area (Å²) in [7, 11) is 0. The van der Waals surface area contributed by atoms with Crippen LogP contribution in [0.25, 0.3) is 0 Å². The average Bonchev–Trinajstić information content (AvgIpc) is 2.88. The van der Waals surface area contributed by atoms with E-state index in [1.807, 2.05) is 0 Å². The summed E-state index contributed by atoms with van der Waals surface area (Å²) in [5.41, 5.74) is 0. The van der Waals surface area contributed by atoms with Crippen LogP contribution in [0, 0.1) is 5.92 Å². The van der Waals surface area contributed by atoms with Gasteiger partial charge in [-0.05, 0) is 31.8 Å². The van der Waals surface area contributed by atoms with Crippen LogP contribution >= 0.6 is 11.6 Å². The Labute approximate surface area is 126 Å². The molecule has 0 bridgehead atoms. The molecule has 1 atom stereocenters. The molecule has 1 saturated heterocycles. The molecule has 1 aliphatic rings. The van der Waals surface area contributed by atoms with Crippen molar-refractivity contribution in [1.29, 1.82) is 0 Å². The molecular weight excluding hydrogens is 272 g/mol. The second-order valence-corrected chi connectivity index (χ2v) is 6.47. The van der Waals surface area contributed by atoms with Crippen LogP contribution in [0.15, 0.2) is 6.07 Å². The van der Waals surface area contributed by atoms with Crippen LogP contribution in [0.1, 0.15) is 45.4 Å². The first-order valence-corrected chi connectivity index (χ1v) is 7.93. The first-order chi connectivity index (χ1) is 9.54. The fourth-order valence-electron chi connectivity index (χ4n) is 2.53. The number of aromatic nitrogens is 2. The van der Waals surface area contributed by atoms with E-state index in [4.69, 9.17) is 11.6 Å². The molecule has 2 heterocycles. The van der Waals surface area contributed by atoms with Crippen LogP contribution < -0.4 is 5.32 Å². The van der Waals surface area contributed by atoms with Gasteiger partial charge in [-0.25, -0.2) is 9.97 Å². The highest BCUT2D eigenvalue weighted by atomic mass is 35.5. The summed E-state index contributed by atoms with van der Waals surface area (Å²) < 4.78 is 0. The summed E-state index contributed by atoms with van der Waals surface area (Å²) in [6.45, 7) is 11.0. The molecule has 20 heavy (non-hydrogen) atoms. The molecule has 1 aliphatic heterocycles. The lowest BCUT2D eigenvalue weighted by atomic mass is 10.1. The fourth-order valence-corrected chi connectivity index (χ4v) is 2.72. The average molecular weight is 297 g/mol. The van der Waals surface area contributed by atoms with E-state index in [0.29, 0.717) is 11.1 Å². The minimum absolute atomic E-state index is 0.288. The van der Waals surface area contributed by atoms with Crippen molar-refractivity contribution in [3.05, 3.63) is 17.0 Å². The van der Waals surface area contributed by atoms with Gasteiger partial charge < -0.3 is 10.2 Å². The molecule has 1 aromatic rings. The van der Waals surface area contributed by atoms with Crippen molar-refractivity contribution >= 4 is 17.4 Å². The van der Waals surface area contributed by atoms with Crippen LogP contribution in [-0.4, -0.2) is 41.0 Å². The number of halogens is 1. The zero-order valence-corrected chi connectivity index (χ0v) is 13.5. The molecule has 2 rings (SSSR count). The molecule has 0 radical (unpaired) electrons. The van der Waals surface area contributed by atoms with Crippen LogP contribution in [0.5, 0.6) is 0 Å². The Balaban J connectivity index is 1.86. The van der Waals surface area contributed by atoms with Crippen molar-refractivity contribution in [1.82, 2.24) is 14.9 Å². The number of anilines is 1. The van der Waals surface area contributed by atoms with Gasteiger partial charge in [0.25, 0.3) is 0 Å². The topological polar surface area (TPSA) is 41.1 Å². The maximum Gasteiger partial charge on any atom is 0.135 e. The van der Waals surface area contributed by atoms with E-state index in [9.17, 15) is 0 Å². The molecule has 1 aromatic heterocycles. The molecule has 1 N–H and O–H groups in total. The van der Waals surface area contributed by atoms with Crippen LogP contribution in [-0.2, 0) is 0 Å². The lowest BCUT2D eigenvalue weighted by molar-refractivity contribution is 0.294. The minimum Gasteiger partial charge on any atom is -0.370 e. The van der Waals surface area contributed by atoms with E-state index in [1.165, 1.54) is 25.9 Å². The third-order valence-electron chi connectivity index (χ3n) is 3.63. The molecular formula is C15H25ClN4. The second kappa shape index (κ2) is 7.23. The van der Waals surface area contributed by atoms with Crippen molar-refractivity contribution in [3.8, 4) is 0 Å². The van der Waals surface area contributed by atoms with E-state index in [1.54, 1.807) is 6.07 Å². The Morgan fingerprint density at radius 3 is 2.60 bits per heavy atom. The van der Waals surface area contributed by atoms with E-state index < -0.39 is 0 Å².